The molecule has 0 saturated carbocycles. The Morgan fingerprint density at radius 1 is 0.674 bits per heavy atom. The maximum absolute atomic E-state index is 13.3. The Morgan fingerprint density at radius 3 is 1.59 bits per heavy atom. The fraction of sp³-hybridized carbons (Fsp3) is 0.250. The van der Waals surface area contributed by atoms with Crippen LogP contribution in [0.4, 0.5) is 0 Å². The number of ether oxygens (including phenoxy) is 6. The van der Waals surface area contributed by atoms with E-state index in [-0.39, 0.29) is 28.9 Å². The minimum absolute atomic E-state index is 0.0883. The van der Waals surface area contributed by atoms with Crippen LogP contribution in [0.3, 0.4) is 0 Å². The van der Waals surface area contributed by atoms with Gasteiger partial charge in [0.15, 0.2) is 24.6 Å². The number of esters is 4. The van der Waals surface area contributed by atoms with Crippen LogP contribution in [0, 0.1) is 0 Å². The minimum atomic E-state index is -1.42. The molecule has 0 aromatic carbocycles. The molecule has 1 aliphatic heterocycles. The van der Waals surface area contributed by atoms with Gasteiger partial charge in [0.1, 0.15) is 12.7 Å². The summed E-state index contributed by atoms with van der Waals surface area (Å²) >= 11 is 0. The monoisotopic (exact) mass is 628 g/mol. The van der Waals surface area contributed by atoms with Gasteiger partial charge in [0.25, 0.3) is 0 Å². The zero-order valence-electron chi connectivity index (χ0n) is 24.4. The van der Waals surface area contributed by atoms with E-state index in [0.717, 1.165) is 0 Å². The van der Waals surface area contributed by atoms with Crippen molar-refractivity contribution in [1.29, 1.82) is 0 Å². The number of rotatable bonds is 12. The standard InChI is InChI=1S/C32H28N4O10/c1-2-41-32-27(45-31(40)23-10-6-14-36-18-23)26(44-30(39)22-9-5-13-35-17-22)25(46-32)24(43-29(38)21-8-4-12-34-16-21)19-42-28(37)20-7-3-11-33-15-20/h3-18,24-27,32H,2,19H2,1H3/t24-,25-,26+,27-,32?/m1/s1. The van der Waals surface area contributed by atoms with Crippen molar-refractivity contribution in [2.75, 3.05) is 13.2 Å². The molecule has 0 N–H and O–H groups in total. The van der Waals surface area contributed by atoms with E-state index in [0.29, 0.717) is 0 Å². The summed E-state index contributed by atoms with van der Waals surface area (Å²) in [5.41, 5.74) is 0.435. The van der Waals surface area contributed by atoms with Gasteiger partial charge in [-0.1, -0.05) is 0 Å². The largest absolute Gasteiger partial charge is 0.458 e. The molecule has 14 heteroatoms. The lowest BCUT2D eigenvalue weighted by Crippen LogP contribution is -2.47. The van der Waals surface area contributed by atoms with Gasteiger partial charge in [0.05, 0.1) is 22.3 Å². The fourth-order valence-corrected chi connectivity index (χ4v) is 4.47. The summed E-state index contributed by atoms with van der Waals surface area (Å²) in [5.74, 6) is -3.24. The van der Waals surface area contributed by atoms with Crippen LogP contribution in [0.25, 0.3) is 0 Å². The van der Waals surface area contributed by atoms with Crippen LogP contribution >= 0.6 is 0 Å². The maximum Gasteiger partial charge on any atom is 0.340 e. The van der Waals surface area contributed by atoms with E-state index in [4.69, 9.17) is 28.4 Å². The molecule has 4 aromatic rings. The topological polar surface area (TPSA) is 175 Å². The van der Waals surface area contributed by atoms with Crippen LogP contribution in [0.5, 0.6) is 0 Å². The first kappa shape index (κ1) is 31.8. The van der Waals surface area contributed by atoms with E-state index in [1.54, 1.807) is 25.1 Å². The van der Waals surface area contributed by atoms with Crippen LogP contribution in [-0.2, 0) is 28.4 Å². The highest BCUT2D eigenvalue weighted by atomic mass is 16.7. The second-order valence-electron chi connectivity index (χ2n) is 9.67. The molecule has 1 fully saturated rings. The number of pyridine rings is 4. The smallest absolute Gasteiger partial charge is 0.340 e. The number of nitrogens with zero attached hydrogens (tertiary/aromatic N) is 4. The van der Waals surface area contributed by atoms with Crippen LogP contribution in [0.15, 0.2) is 98.1 Å². The lowest BCUT2D eigenvalue weighted by molar-refractivity contribution is -0.179. The Labute approximate surface area is 262 Å². The van der Waals surface area contributed by atoms with Crippen LogP contribution in [0.2, 0.25) is 0 Å². The molecule has 0 amide bonds. The summed E-state index contributed by atoms with van der Waals surface area (Å²) in [7, 11) is 0. The van der Waals surface area contributed by atoms with Gasteiger partial charge >= 0.3 is 23.9 Å². The van der Waals surface area contributed by atoms with Crippen molar-refractivity contribution in [3.8, 4) is 0 Å². The average molecular weight is 629 g/mol. The molecule has 1 unspecified atom stereocenters. The molecule has 5 heterocycles. The van der Waals surface area contributed by atoms with Gasteiger partial charge in [0.2, 0.25) is 0 Å². The zero-order valence-corrected chi connectivity index (χ0v) is 24.4. The van der Waals surface area contributed by atoms with E-state index in [1.165, 1.54) is 79.9 Å². The fourth-order valence-electron chi connectivity index (χ4n) is 4.47. The highest BCUT2D eigenvalue weighted by Gasteiger charge is 2.54. The number of carbonyl (C=O) groups excluding carboxylic acids is 4. The molecular formula is C32H28N4O10. The quantitative estimate of drug-likeness (QED) is 0.165. The Kier molecular flexibility index (Phi) is 10.7. The van der Waals surface area contributed by atoms with Gasteiger partial charge in [-0.2, -0.15) is 0 Å². The van der Waals surface area contributed by atoms with Crippen molar-refractivity contribution in [3.63, 3.8) is 0 Å². The van der Waals surface area contributed by atoms with Crippen molar-refractivity contribution < 1.29 is 47.6 Å². The molecule has 1 saturated heterocycles. The van der Waals surface area contributed by atoms with Crippen LogP contribution < -0.4 is 0 Å². The van der Waals surface area contributed by atoms with Crippen molar-refractivity contribution in [2.45, 2.75) is 37.6 Å². The summed E-state index contributed by atoms with van der Waals surface area (Å²) in [6, 6.07) is 12.1. The van der Waals surface area contributed by atoms with Gasteiger partial charge in [0, 0.05) is 56.2 Å². The number of hydrogen-bond donors (Lipinski definition) is 0. The molecule has 5 rings (SSSR count). The van der Waals surface area contributed by atoms with Crippen molar-refractivity contribution >= 4 is 23.9 Å². The molecule has 1 aliphatic rings. The first-order valence-corrected chi connectivity index (χ1v) is 14.1. The van der Waals surface area contributed by atoms with Gasteiger partial charge in [-0.15, -0.1) is 0 Å². The highest BCUT2D eigenvalue weighted by molar-refractivity contribution is 5.91. The molecule has 5 atom stereocenters. The van der Waals surface area contributed by atoms with E-state index >= 15 is 0 Å². The Bertz CT molecular complexity index is 1610. The number of hydrogen-bond acceptors (Lipinski definition) is 14. The number of aromatic nitrogens is 4. The van der Waals surface area contributed by atoms with E-state index in [9.17, 15) is 19.2 Å². The first-order valence-electron chi connectivity index (χ1n) is 14.1. The van der Waals surface area contributed by atoms with Gasteiger partial charge < -0.3 is 28.4 Å². The molecule has 0 radical (unpaired) electrons. The lowest BCUT2D eigenvalue weighted by atomic mass is 10.0. The molecule has 4 aromatic heterocycles. The molecule has 0 aliphatic carbocycles. The first-order chi connectivity index (χ1) is 22.4. The van der Waals surface area contributed by atoms with Crippen LogP contribution in [0.1, 0.15) is 48.4 Å². The predicted octanol–water partition coefficient (Wildman–Crippen LogP) is 2.86. The third kappa shape index (κ3) is 7.91. The highest BCUT2D eigenvalue weighted by Crippen LogP contribution is 2.33. The van der Waals surface area contributed by atoms with Gasteiger partial charge in [-0.05, 0) is 55.5 Å². The normalized spacial score (nSPS) is 19.4. The Morgan fingerprint density at radius 2 is 1.13 bits per heavy atom. The summed E-state index contributed by atoms with van der Waals surface area (Å²) < 4.78 is 34.8. The van der Waals surface area contributed by atoms with Gasteiger partial charge in [-0.25, -0.2) is 19.2 Å². The average Bonchev–Trinajstić information content (AvgIpc) is 3.43. The molecular weight excluding hydrogens is 600 g/mol. The molecule has 46 heavy (non-hydrogen) atoms. The van der Waals surface area contributed by atoms with E-state index in [1.807, 2.05) is 0 Å². The number of carbonyl (C=O) groups is 4. The van der Waals surface area contributed by atoms with E-state index in [2.05, 4.69) is 19.9 Å². The van der Waals surface area contributed by atoms with Crippen molar-refractivity contribution in [1.82, 2.24) is 19.9 Å². The zero-order chi connectivity index (χ0) is 32.3. The summed E-state index contributed by atoms with van der Waals surface area (Å²) in [6.45, 7) is 1.24. The maximum atomic E-state index is 13.3. The third-order valence-corrected chi connectivity index (χ3v) is 6.62. The lowest BCUT2D eigenvalue weighted by Gasteiger charge is -2.28. The second kappa shape index (κ2) is 15.4. The summed E-state index contributed by atoms with van der Waals surface area (Å²) in [6.07, 6.45) is 4.31. The SMILES string of the molecule is CCOC1O[C@H]([C@@H](COC(=O)c2cccnc2)OC(=O)c2cccnc2)[C@H](OC(=O)c2cccnc2)[C@H]1OC(=O)c1cccnc1. The Hall–Kier alpha value is -5.60. The summed E-state index contributed by atoms with van der Waals surface area (Å²) in [4.78, 5) is 68.3. The summed E-state index contributed by atoms with van der Waals surface area (Å²) in [5, 5.41) is 0. The van der Waals surface area contributed by atoms with Gasteiger partial charge in [-0.3, -0.25) is 19.9 Å². The Balaban J connectivity index is 1.49. The van der Waals surface area contributed by atoms with Crippen molar-refractivity contribution in [2.24, 2.45) is 0 Å². The molecule has 0 bridgehead atoms. The second-order valence-corrected chi connectivity index (χ2v) is 9.67. The molecule has 236 valence electrons. The molecule has 14 nitrogen and oxygen atoms in total. The minimum Gasteiger partial charge on any atom is -0.458 e. The van der Waals surface area contributed by atoms with E-state index < -0.39 is 61.2 Å². The van der Waals surface area contributed by atoms with Crippen molar-refractivity contribution in [3.05, 3.63) is 120 Å². The third-order valence-electron chi connectivity index (χ3n) is 6.62. The molecule has 0 spiro atoms. The predicted molar refractivity (Wildman–Crippen MR) is 155 cm³/mol. The van der Waals surface area contributed by atoms with Crippen LogP contribution in [-0.4, -0.2) is 87.7 Å².